The van der Waals surface area contributed by atoms with Crippen LogP contribution in [0.2, 0.25) is 0 Å². The lowest BCUT2D eigenvalue weighted by atomic mass is 10.1. The van der Waals surface area contributed by atoms with Crippen molar-refractivity contribution in [2.24, 2.45) is 0 Å². The van der Waals surface area contributed by atoms with Gasteiger partial charge in [-0.05, 0) is 24.3 Å². The Morgan fingerprint density at radius 2 is 1.60 bits per heavy atom. The smallest absolute Gasteiger partial charge is 0.0849 e. The maximum absolute atomic E-state index is 3.60. The zero-order chi connectivity index (χ0) is 14.3. The van der Waals surface area contributed by atoms with Crippen LogP contribution in [0.1, 0.15) is 0 Å². The van der Waals surface area contributed by atoms with Crippen molar-refractivity contribution in [3.8, 4) is 0 Å². The molecule has 0 saturated carbocycles. The van der Waals surface area contributed by atoms with E-state index in [1.165, 1.54) is 32.5 Å². The van der Waals surface area contributed by atoms with E-state index < -0.39 is 0 Å². The number of nitrogens with zero attached hydrogens (tertiary/aromatic N) is 2. The standard InChI is InChI=1S/C16H19N3S/c1-18(2)12-9-10-14-15(16(12)19(3)4)17-11-7-5-6-8-13(11)20-14/h5-10,17H,1-4H3. The van der Waals surface area contributed by atoms with Crippen LogP contribution < -0.4 is 15.1 Å². The summed E-state index contributed by atoms with van der Waals surface area (Å²) in [5, 5.41) is 3.60. The molecule has 1 heterocycles. The summed E-state index contributed by atoms with van der Waals surface area (Å²) < 4.78 is 0. The Bertz CT molecular complexity index is 650. The van der Waals surface area contributed by atoms with Gasteiger partial charge in [-0.1, -0.05) is 23.9 Å². The van der Waals surface area contributed by atoms with Gasteiger partial charge in [-0.25, -0.2) is 0 Å². The van der Waals surface area contributed by atoms with Gasteiger partial charge >= 0.3 is 0 Å². The number of benzene rings is 2. The van der Waals surface area contributed by atoms with Crippen LogP contribution in [0, 0.1) is 0 Å². The Morgan fingerprint density at radius 3 is 2.30 bits per heavy atom. The van der Waals surface area contributed by atoms with Crippen molar-refractivity contribution < 1.29 is 0 Å². The van der Waals surface area contributed by atoms with Crippen molar-refractivity contribution in [3.63, 3.8) is 0 Å². The monoisotopic (exact) mass is 285 g/mol. The SMILES string of the molecule is CN(C)c1ccc2c(c1N(C)C)Nc1ccccc1S2. The van der Waals surface area contributed by atoms with Crippen LogP contribution in [0.3, 0.4) is 0 Å². The molecule has 3 nitrogen and oxygen atoms in total. The number of rotatable bonds is 2. The van der Waals surface area contributed by atoms with Gasteiger partial charge in [0.15, 0.2) is 0 Å². The molecule has 1 N–H and O–H groups in total. The summed E-state index contributed by atoms with van der Waals surface area (Å²) in [4.78, 5) is 6.89. The van der Waals surface area contributed by atoms with E-state index in [0.29, 0.717) is 0 Å². The maximum Gasteiger partial charge on any atom is 0.0849 e. The summed E-state index contributed by atoms with van der Waals surface area (Å²) in [6.45, 7) is 0. The van der Waals surface area contributed by atoms with Gasteiger partial charge in [0.05, 0.1) is 22.7 Å². The van der Waals surface area contributed by atoms with E-state index in [9.17, 15) is 0 Å². The van der Waals surface area contributed by atoms with Crippen molar-refractivity contribution in [3.05, 3.63) is 36.4 Å². The van der Waals surface area contributed by atoms with Crippen molar-refractivity contribution in [2.45, 2.75) is 9.79 Å². The van der Waals surface area contributed by atoms with Crippen LogP contribution in [-0.2, 0) is 0 Å². The number of fused-ring (bicyclic) bond motifs is 2. The highest BCUT2D eigenvalue weighted by molar-refractivity contribution is 7.99. The summed E-state index contributed by atoms with van der Waals surface area (Å²) in [7, 11) is 8.35. The van der Waals surface area contributed by atoms with Crippen LogP contribution in [0.15, 0.2) is 46.2 Å². The van der Waals surface area contributed by atoms with Crippen LogP contribution in [0.4, 0.5) is 22.7 Å². The summed E-state index contributed by atoms with van der Waals surface area (Å²) in [6.07, 6.45) is 0. The van der Waals surface area contributed by atoms with Crippen LogP contribution in [-0.4, -0.2) is 28.2 Å². The number of anilines is 4. The maximum atomic E-state index is 3.60. The van der Waals surface area contributed by atoms with Gasteiger partial charge in [0.25, 0.3) is 0 Å². The second kappa shape index (κ2) is 4.94. The second-order valence-corrected chi connectivity index (χ2v) is 6.40. The fraction of sp³-hybridized carbons (Fsp3) is 0.250. The fourth-order valence-electron chi connectivity index (χ4n) is 2.49. The lowest BCUT2D eigenvalue weighted by Gasteiger charge is -2.30. The molecule has 4 heteroatoms. The van der Waals surface area contributed by atoms with Crippen molar-refractivity contribution >= 4 is 34.5 Å². The van der Waals surface area contributed by atoms with E-state index in [4.69, 9.17) is 0 Å². The Balaban J connectivity index is 2.16. The quantitative estimate of drug-likeness (QED) is 0.766. The normalized spacial score (nSPS) is 12.2. The molecule has 0 aromatic heterocycles. The van der Waals surface area contributed by atoms with Gasteiger partial charge in [-0.3, -0.25) is 0 Å². The van der Waals surface area contributed by atoms with Gasteiger partial charge in [0.1, 0.15) is 0 Å². The van der Waals surface area contributed by atoms with E-state index >= 15 is 0 Å². The van der Waals surface area contributed by atoms with Gasteiger partial charge in [0, 0.05) is 38.0 Å². The molecule has 3 rings (SSSR count). The molecule has 0 atom stereocenters. The number of nitrogens with one attached hydrogen (secondary N) is 1. The van der Waals surface area contributed by atoms with Crippen molar-refractivity contribution in [1.82, 2.24) is 0 Å². The Hall–Kier alpha value is -1.81. The molecular formula is C16H19N3S. The fourth-order valence-corrected chi connectivity index (χ4v) is 3.49. The molecule has 0 radical (unpaired) electrons. The first-order valence-corrected chi connectivity index (χ1v) is 7.45. The summed E-state index contributed by atoms with van der Waals surface area (Å²) in [5.74, 6) is 0. The molecule has 104 valence electrons. The van der Waals surface area contributed by atoms with Crippen molar-refractivity contribution in [2.75, 3.05) is 43.3 Å². The van der Waals surface area contributed by atoms with E-state index in [2.05, 4.69) is 79.7 Å². The Morgan fingerprint density at radius 1 is 0.850 bits per heavy atom. The molecule has 2 aromatic carbocycles. The van der Waals surface area contributed by atoms with Gasteiger partial charge in [-0.2, -0.15) is 0 Å². The van der Waals surface area contributed by atoms with Crippen molar-refractivity contribution in [1.29, 1.82) is 0 Å². The lowest BCUT2D eigenvalue weighted by molar-refractivity contribution is 1.07. The molecule has 0 aliphatic carbocycles. The minimum atomic E-state index is 1.18. The molecule has 1 aliphatic rings. The van der Waals surface area contributed by atoms with Gasteiger partial charge in [0.2, 0.25) is 0 Å². The number of hydrogen-bond acceptors (Lipinski definition) is 4. The van der Waals surface area contributed by atoms with E-state index in [-0.39, 0.29) is 0 Å². The molecule has 20 heavy (non-hydrogen) atoms. The zero-order valence-electron chi connectivity index (χ0n) is 12.3. The van der Waals surface area contributed by atoms with Crippen LogP contribution in [0.25, 0.3) is 0 Å². The zero-order valence-corrected chi connectivity index (χ0v) is 13.1. The molecule has 0 saturated heterocycles. The molecule has 0 fully saturated rings. The first-order chi connectivity index (χ1) is 9.58. The minimum Gasteiger partial charge on any atom is -0.376 e. The molecule has 0 bridgehead atoms. The largest absolute Gasteiger partial charge is 0.376 e. The minimum absolute atomic E-state index is 1.18. The molecule has 1 aliphatic heterocycles. The van der Waals surface area contributed by atoms with E-state index in [1.807, 2.05) is 11.8 Å². The molecule has 0 amide bonds. The Labute approximate surface area is 124 Å². The van der Waals surface area contributed by atoms with Gasteiger partial charge in [-0.15, -0.1) is 0 Å². The average molecular weight is 285 g/mol. The summed E-state index contributed by atoms with van der Waals surface area (Å²) >= 11 is 1.83. The summed E-state index contributed by atoms with van der Waals surface area (Å²) in [6, 6.07) is 12.8. The highest BCUT2D eigenvalue weighted by Crippen LogP contribution is 2.50. The third kappa shape index (κ3) is 2.10. The number of hydrogen-bond donors (Lipinski definition) is 1. The molecule has 0 unspecified atom stereocenters. The van der Waals surface area contributed by atoms with E-state index in [0.717, 1.165) is 0 Å². The first kappa shape index (κ1) is 13.2. The third-order valence-electron chi connectivity index (χ3n) is 3.41. The second-order valence-electron chi connectivity index (χ2n) is 5.32. The highest BCUT2D eigenvalue weighted by atomic mass is 32.2. The predicted molar refractivity (Wildman–Crippen MR) is 88.9 cm³/mol. The predicted octanol–water partition coefficient (Wildman–Crippen LogP) is 4.03. The molecule has 2 aromatic rings. The third-order valence-corrected chi connectivity index (χ3v) is 4.55. The highest BCUT2D eigenvalue weighted by Gasteiger charge is 2.22. The number of para-hydroxylation sites is 1. The molecule has 0 spiro atoms. The lowest BCUT2D eigenvalue weighted by Crippen LogP contribution is -2.19. The molecular weight excluding hydrogens is 266 g/mol. The van der Waals surface area contributed by atoms with Gasteiger partial charge < -0.3 is 15.1 Å². The Kier molecular flexibility index (Phi) is 3.26. The first-order valence-electron chi connectivity index (χ1n) is 6.63. The van der Waals surface area contributed by atoms with Crippen LogP contribution >= 0.6 is 11.8 Å². The topological polar surface area (TPSA) is 18.5 Å². The van der Waals surface area contributed by atoms with E-state index in [1.54, 1.807) is 0 Å². The van der Waals surface area contributed by atoms with Crippen LogP contribution in [0.5, 0.6) is 0 Å². The summed E-state index contributed by atoms with van der Waals surface area (Å²) in [5.41, 5.74) is 4.84. The average Bonchev–Trinajstić information content (AvgIpc) is 2.43.